The second kappa shape index (κ2) is 8.52. The number of hydrogen-bond donors (Lipinski definition) is 1. The van der Waals surface area contributed by atoms with E-state index in [9.17, 15) is 4.79 Å². The number of amides is 1. The highest BCUT2D eigenvalue weighted by molar-refractivity contribution is 6.31. The first-order valence-electron chi connectivity index (χ1n) is 9.26. The number of anilines is 1. The summed E-state index contributed by atoms with van der Waals surface area (Å²) in [7, 11) is 0. The van der Waals surface area contributed by atoms with Gasteiger partial charge < -0.3 is 10.2 Å². The Morgan fingerprint density at radius 1 is 1.28 bits per heavy atom. The number of carbonyl (C=O) groups is 1. The van der Waals surface area contributed by atoms with Crippen molar-refractivity contribution in [2.75, 3.05) is 25.0 Å². The van der Waals surface area contributed by atoms with Gasteiger partial charge in [-0.15, -0.1) is 0 Å². The molecule has 0 spiro atoms. The molecule has 1 fully saturated rings. The van der Waals surface area contributed by atoms with Gasteiger partial charge >= 0.3 is 0 Å². The Hall–Kier alpha value is -1.81. The van der Waals surface area contributed by atoms with Gasteiger partial charge in [-0.2, -0.15) is 0 Å². The van der Waals surface area contributed by atoms with Gasteiger partial charge in [0, 0.05) is 47.8 Å². The van der Waals surface area contributed by atoms with Gasteiger partial charge in [-0.05, 0) is 44.0 Å². The minimum absolute atomic E-state index is 0.234. The molecule has 1 aliphatic carbocycles. The lowest BCUT2D eigenvalue weighted by molar-refractivity contribution is -0.136. The monoisotopic (exact) mass is 359 g/mol. The Balaban J connectivity index is 1.60. The normalized spacial score (nSPS) is 15.3. The predicted molar refractivity (Wildman–Crippen MR) is 104 cm³/mol. The summed E-state index contributed by atoms with van der Waals surface area (Å²) >= 11 is 6.04. The van der Waals surface area contributed by atoms with E-state index in [4.69, 9.17) is 11.6 Å². The van der Waals surface area contributed by atoms with E-state index in [0.717, 1.165) is 49.1 Å². The Kier molecular flexibility index (Phi) is 6.14. The third-order valence-corrected chi connectivity index (χ3v) is 5.28. The van der Waals surface area contributed by atoms with Gasteiger partial charge in [0.1, 0.15) is 0 Å². The van der Waals surface area contributed by atoms with E-state index in [0.29, 0.717) is 10.9 Å². The number of rotatable bonds is 6. The van der Waals surface area contributed by atoms with Gasteiger partial charge in [0.05, 0.1) is 5.52 Å². The number of halogens is 1. The maximum atomic E-state index is 12.7. The highest BCUT2D eigenvalue weighted by atomic mass is 35.5. The summed E-state index contributed by atoms with van der Waals surface area (Å²) in [5, 5.41) is 5.19. The van der Waals surface area contributed by atoms with Gasteiger partial charge in [-0.3, -0.25) is 9.78 Å². The van der Waals surface area contributed by atoms with Crippen molar-refractivity contribution in [1.82, 2.24) is 9.88 Å². The van der Waals surface area contributed by atoms with Crippen molar-refractivity contribution in [3.8, 4) is 0 Å². The second-order valence-corrected chi connectivity index (χ2v) is 7.14. The average molecular weight is 360 g/mol. The first-order valence-corrected chi connectivity index (χ1v) is 9.63. The summed E-state index contributed by atoms with van der Waals surface area (Å²) < 4.78 is 0. The quantitative estimate of drug-likeness (QED) is 0.811. The molecule has 1 heterocycles. The van der Waals surface area contributed by atoms with E-state index >= 15 is 0 Å². The highest BCUT2D eigenvalue weighted by Gasteiger charge is 2.24. The second-order valence-electron chi connectivity index (χ2n) is 6.70. The molecule has 0 aliphatic heterocycles. The molecular weight excluding hydrogens is 334 g/mol. The van der Waals surface area contributed by atoms with Crippen LogP contribution in [0, 0.1) is 5.92 Å². The van der Waals surface area contributed by atoms with Gasteiger partial charge in [-0.1, -0.05) is 30.9 Å². The van der Waals surface area contributed by atoms with Gasteiger partial charge in [-0.25, -0.2) is 0 Å². The number of likely N-dealkylation sites (N-methyl/N-ethyl adjacent to an activating group) is 1. The van der Waals surface area contributed by atoms with E-state index < -0.39 is 0 Å². The minimum Gasteiger partial charge on any atom is -0.383 e. The lowest BCUT2D eigenvalue weighted by Gasteiger charge is -2.28. The molecule has 0 atom stereocenters. The summed E-state index contributed by atoms with van der Waals surface area (Å²) in [5.74, 6) is 0.563. The molecule has 3 rings (SSSR count). The van der Waals surface area contributed by atoms with Crippen molar-refractivity contribution in [3.63, 3.8) is 0 Å². The Morgan fingerprint density at radius 3 is 2.84 bits per heavy atom. The molecule has 4 nitrogen and oxygen atoms in total. The number of fused-ring (bicyclic) bond motifs is 1. The van der Waals surface area contributed by atoms with Crippen LogP contribution < -0.4 is 5.32 Å². The number of benzene rings is 1. The number of nitrogens with one attached hydrogen (secondary N) is 1. The molecule has 0 saturated heterocycles. The van der Waals surface area contributed by atoms with E-state index in [1.165, 1.54) is 19.3 Å². The van der Waals surface area contributed by atoms with Crippen molar-refractivity contribution in [2.24, 2.45) is 5.92 Å². The maximum absolute atomic E-state index is 12.7. The lowest BCUT2D eigenvalue weighted by atomic mass is 9.88. The SMILES string of the molecule is CCN(CCNc1ccnc2cc(Cl)ccc12)C(=O)C1CCCCC1. The Bertz CT molecular complexity index is 728. The fourth-order valence-electron chi connectivity index (χ4n) is 3.63. The van der Waals surface area contributed by atoms with Crippen LogP contribution in [0.15, 0.2) is 30.5 Å². The minimum atomic E-state index is 0.234. The number of carbonyl (C=O) groups excluding carboxylic acids is 1. The topological polar surface area (TPSA) is 45.2 Å². The molecule has 5 heteroatoms. The predicted octanol–water partition coefficient (Wildman–Crippen LogP) is 4.73. The molecule has 134 valence electrons. The molecule has 1 aliphatic rings. The third kappa shape index (κ3) is 4.43. The van der Waals surface area contributed by atoms with Gasteiger partial charge in [0.2, 0.25) is 5.91 Å². The summed E-state index contributed by atoms with van der Waals surface area (Å²) in [6, 6.07) is 7.70. The van der Waals surface area contributed by atoms with Crippen molar-refractivity contribution in [1.29, 1.82) is 0 Å². The molecule has 25 heavy (non-hydrogen) atoms. The fraction of sp³-hybridized carbons (Fsp3) is 0.500. The molecule has 1 aromatic heterocycles. The smallest absolute Gasteiger partial charge is 0.225 e. The molecule has 0 unspecified atom stereocenters. The van der Waals surface area contributed by atoms with Gasteiger partial charge in [0.15, 0.2) is 0 Å². The Morgan fingerprint density at radius 2 is 2.08 bits per heavy atom. The van der Waals surface area contributed by atoms with Crippen LogP contribution in [0.3, 0.4) is 0 Å². The molecule has 1 N–H and O–H groups in total. The first-order chi connectivity index (χ1) is 12.2. The van der Waals surface area contributed by atoms with Crippen LogP contribution in [0.1, 0.15) is 39.0 Å². The van der Waals surface area contributed by atoms with Crippen molar-refractivity contribution < 1.29 is 4.79 Å². The molecule has 0 bridgehead atoms. The van der Waals surface area contributed by atoms with Crippen molar-refractivity contribution in [2.45, 2.75) is 39.0 Å². The van der Waals surface area contributed by atoms with Crippen LogP contribution in [0.4, 0.5) is 5.69 Å². The largest absolute Gasteiger partial charge is 0.383 e. The summed E-state index contributed by atoms with van der Waals surface area (Å²) in [5.41, 5.74) is 1.91. The van der Waals surface area contributed by atoms with Crippen LogP contribution in [0.5, 0.6) is 0 Å². The lowest BCUT2D eigenvalue weighted by Crippen LogP contribution is -2.39. The standard InChI is InChI=1S/C20H26ClN3O/c1-2-24(20(25)15-6-4-3-5-7-15)13-12-23-18-10-11-22-19-14-16(21)8-9-17(18)19/h8-11,14-15H,2-7,12-13H2,1H3,(H,22,23). The zero-order valence-corrected chi connectivity index (χ0v) is 15.6. The third-order valence-electron chi connectivity index (χ3n) is 5.05. The van der Waals surface area contributed by atoms with E-state index in [2.05, 4.69) is 17.2 Å². The zero-order valence-electron chi connectivity index (χ0n) is 14.8. The van der Waals surface area contributed by atoms with Crippen LogP contribution in [-0.2, 0) is 4.79 Å². The molecule has 0 radical (unpaired) electrons. The van der Waals surface area contributed by atoms with Crippen LogP contribution in [0.25, 0.3) is 10.9 Å². The number of aromatic nitrogens is 1. The maximum Gasteiger partial charge on any atom is 0.225 e. The molecule has 1 amide bonds. The number of pyridine rings is 1. The summed E-state index contributed by atoms with van der Waals surface area (Å²) in [4.78, 5) is 19.0. The van der Waals surface area contributed by atoms with Crippen molar-refractivity contribution in [3.05, 3.63) is 35.5 Å². The van der Waals surface area contributed by atoms with Crippen molar-refractivity contribution >= 4 is 34.1 Å². The van der Waals surface area contributed by atoms with Gasteiger partial charge in [0.25, 0.3) is 0 Å². The van der Waals surface area contributed by atoms with E-state index in [1.807, 2.05) is 29.2 Å². The Labute approximate surface area is 154 Å². The molecule has 1 saturated carbocycles. The number of hydrogen-bond acceptors (Lipinski definition) is 3. The zero-order chi connectivity index (χ0) is 17.6. The first kappa shape index (κ1) is 18.0. The van der Waals surface area contributed by atoms with Crippen LogP contribution in [-0.4, -0.2) is 35.4 Å². The summed E-state index contributed by atoms with van der Waals surface area (Å²) in [6.45, 7) is 4.28. The fourth-order valence-corrected chi connectivity index (χ4v) is 3.80. The molecular formula is C20H26ClN3O. The molecule has 1 aromatic carbocycles. The highest BCUT2D eigenvalue weighted by Crippen LogP contribution is 2.26. The molecule has 2 aromatic rings. The van der Waals surface area contributed by atoms with Crippen LogP contribution >= 0.6 is 11.6 Å². The average Bonchev–Trinajstić information content (AvgIpc) is 2.65. The van der Waals surface area contributed by atoms with E-state index in [-0.39, 0.29) is 5.92 Å². The van der Waals surface area contributed by atoms with Crippen LogP contribution in [0.2, 0.25) is 5.02 Å². The summed E-state index contributed by atoms with van der Waals surface area (Å²) in [6.07, 6.45) is 7.55. The van der Waals surface area contributed by atoms with E-state index in [1.54, 1.807) is 6.20 Å². The number of nitrogens with zero attached hydrogens (tertiary/aromatic N) is 2.